The minimum atomic E-state index is -0.562. The molecule has 7 nitrogen and oxygen atoms in total. The molecule has 0 bridgehead atoms. The molecule has 3 amide bonds. The number of carbonyl (C=O) groups excluding carboxylic acids is 3. The van der Waals surface area contributed by atoms with E-state index in [0.717, 1.165) is 27.3 Å². The van der Waals surface area contributed by atoms with E-state index in [0.29, 0.717) is 16.4 Å². The van der Waals surface area contributed by atoms with Crippen molar-refractivity contribution < 1.29 is 14.4 Å². The van der Waals surface area contributed by atoms with Crippen molar-refractivity contribution in [1.82, 2.24) is 10.3 Å². The summed E-state index contributed by atoms with van der Waals surface area (Å²) >= 11 is 2.74. The second-order valence-corrected chi connectivity index (χ2v) is 12.0. The van der Waals surface area contributed by atoms with Gasteiger partial charge in [0, 0.05) is 21.5 Å². The lowest BCUT2D eigenvalue weighted by Gasteiger charge is -2.17. The lowest BCUT2D eigenvalue weighted by molar-refractivity contribution is -0.116. The van der Waals surface area contributed by atoms with E-state index in [-0.39, 0.29) is 11.6 Å². The molecular weight excluding hydrogens is 589 g/mol. The van der Waals surface area contributed by atoms with E-state index in [9.17, 15) is 14.4 Å². The van der Waals surface area contributed by atoms with Crippen molar-refractivity contribution in [2.45, 2.75) is 24.0 Å². The molecular formula is C35H30N4O3S2. The molecule has 4 aromatic carbocycles. The van der Waals surface area contributed by atoms with Gasteiger partial charge in [-0.25, -0.2) is 4.98 Å². The molecule has 220 valence electrons. The van der Waals surface area contributed by atoms with Crippen LogP contribution in [-0.2, 0) is 9.59 Å². The highest BCUT2D eigenvalue weighted by molar-refractivity contribution is 8.00. The predicted octanol–water partition coefficient (Wildman–Crippen LogP) is 7.64. The van der Waals surface area contributed by atoms with Gasteiger partial charge >= 0.3 is 0 Å². The molecule has 0 aliphatic carbocycles. The first-order chi connectivity index (χ1) is 21.3. The molecule has 0 radical (unpaired) electrons. The number of rotatable bonds is 10. The second-order valence-electron chi connectivity index (χ2n) is 9.96. The highest BCUT2D eigenvalue weighted by atomic mass is 32.2. The van der Waals surface area contributed by atoms with Gasteiger partial charge in [-0.1, -0.05) is 84.4 Å². The van der Waals surface area contributed by atoms with Gasteiger partial charge in [-0.15, -0.1) is 23.1 Å². The van der Waals surface area contributed by atoms with Crippen LogP contribution in [0, 0.1) is 13.8 Å². The molecule has 0 aliphatic rings. The number of nitrogens with zero attached hydrogens (tertiary/aromatic N) is 1. The average molecular weight is 619 g/mol. The molecule has 0 fully saturated rings. The zero-order valence-electron chi connectivity index (χ0n) is 24.1. The molecule has 1 unspecified atom stereocenters. The Balaban J connectivity index is 1.37. The SMILES string of the molecule is Cc1ccc(/C=C(\NC(=O)c2ccccc2)C(=O)Nc2cccc(SC(C(=O)Nc3nc(C)cs3)c3ccccc3)c2)cc1. The molecule has 5 rings (SSSR count). The highest BCUT2D eigenvalue weighted by Gasteiger charge is 2.23. The summed E-state index contributed by atoms with van der Waals surface area (Å²) in [5, 5.41) is 10.5. The summed E-state index contributed by atoms with van der Waals surface area (Å²) in [4.78, 5) is 45.1. The van der Waals surface area contributed by atoms with E-state index in [1.165, 1.54) is 23.1 Å². The molecule has 0 aliphatic heterocycles. The third kappa shape index (κ3) is 8.31. The van der Waals surface area contributed by atoms with Crippen LogP contribution in [0.2, 0.25) is 0 Å². The Kier molecular flexibility index (Phi) is 10.0. The molecule has 44 heavy (non-hydrogen) atoms. The van der Waals surface area contributed by atoms with E-state index in [1.807, 2.05) is 98.1 Å². The monoisotopic (exact) mass is 618 g/mol. The zero-order chi connectivity index (χ0) is 30.9. The molecule has 1 atom stereocenters. The average Bonchev–Trinajstić information content (AvgIpc) is 3.45. The Labute approximate surface area is 264 Å². The van der Waals surface area contributed by atoms with Crippen LogP contribution in [0.4, 0.5) is 10.8 Å². The van der Waals surface area contributed by atoms with E-state index in [1.54, 1.807) is 36.4 Å². The van der Waals surface area contributed by atoms with E-state index in [4.69, 9.17) is 0 Å². The van der Waals surface area contributed by atoms with Crippen molar-refractivity contribution in [3.8, 4) is 0 Å². The first-order valence-electron chi connectivity index (χ1n) is 13.8. The number of carbonyl (C=O) groups is 3. The summed E-state index contributed by atoms with van der Waals surface area (Å²) in [6.45, 7) is 3.86. The second kappa shape index (κ2) is 14.5. The van der Waals surface area contributed by atoms with Crippen LogP contribution in [-0.4, -0.2) is 22.7 Å². The largest absolute Gasteiger partial charge is 0.321 e. The number of thiazole rings is 1. The summed E-state index contributed by atoms with van der Waals surface area (Å²) in [7, 11) is 0. The summed E-state index contributed by atoms with van der Waals surface area (Å²) in [5.41, 5.74) is 4.59. The topological polar surface area (TPSA) is 100 Å². The maximum atomic E-state index is 13.5. The smallest absolute Gasteiger partial charge is 0.272 e. The number of aryl methyl sites for hydroxylation is 2. The van der Waals surface area contributed by atoms with E-state index < -0.39 is 17.1 Å². The van der Waals surface area contributed by atoms with Crippen LogP contribution < -0.4 is 16.0 Å². The van der Waals surface area contributed by atoms with Gasteiger partial charge in [0.05, 0.1) is 5.69 Å². The molecule has 9 heteroatoms. The maximum absolute atomic E-state index is 13.5. The Hall–Kier alpha value is -4.99. The lowest BCUT2D eigenvalue weighted by atomic mass is 10.1. The van der Waals surface area contributed by atoms with E-state index >= 15 is 0 Å². The van der Waals surface area contributed by atoms with Crippen LogP contribution in [0.5, 0.6) is 0 Å². The number of aromatic nitrogens is 1. The van der Waals surface area contributed by atoms with Gasteiger partial charge in [0.15, 0.2) is 5.13 Å². The van der Waals surface area contributed by atoms with Gasteiger partial charge in [0.2, 0.25) is 5.91 Å². The third-order valence-corrected chi connectivity index (χ3v) is 8.58. The molecule has 5 aromatic rings. The van der Waals surface area contributed by atoms with Crippen molar-refractivity contribution in [3.63, 3.8) is 0 Å². The number of hydrogen-bond acceptors (Lipinski definition) is 6. The van der Waals surface area contributed by atoms with Gasteiger partial charge in [0.25, 0.3) is 11.8 Å². The quantitative estimate of drug-likeness (QED) is 0.110. The Morgan fingerprint density at radius 3 is 2.20 bits per heavy atom. The summed E-state index contributed by atoms with van der Waals surface area (Å²) in [6, 6.07) is 33.2. The van der Waals surface area contributed by atoms with E-state index in [2.05, 4.69) is 20.9 Å². The van der Waals surface area contributed by atoms with Crippen LogP contribution in [0.25, 0.3) is 6.08 Å². The van der Waals surface area contributed by atoms with Gasteiger partial charge in [-0.05, 0) is 61.4 Å². The predicted molar refractivity (Wildman–Crippen MR) is 179 cm³/mol. The normalized spacial score (nSPS) is 11.8. The summed E-state index contributed by atoms with van der Waals surface area (Å²) in [5.74, 6) is -1.07. The van der Waals surface area contributed by atoms with Gasteiger partial charge in [0.1, 0.15) is 10.9 Å². The number of amides is 3. The number of benzene rings is 4. The third-order valence-electron chi connectivity index (χ3n) is 6.45. The van der Waals surface area contributed by atoms with Crippen molar-refractivity contribution in [3.05, 3.63) is 148 Å². The van der Waals surface area contributed by atoms with Crippen LogP contribution in [0.1, 0.15) is 38.0 Å². The van der Waals surface area contributed by atoms with Gasteiger partial charge in [-0.3, -0.25) is 14.4 Å². The minimum absolute atomic E-state index is 0.0982. The van der Waals surface area contributed by atoms with Crippen molar-refractivity contribution in [2.24, 2.45) is 0 Å². The number of hydrogen-bond donors (Lipinski definition) is 3. The molecule has 1 aromatic heterocycles. The standard InChI is InChI=1S/C35H30N4O3S2/c1-23-16-18-25(19-17-23)20-30(38-32(40)27-12-7-4-8-13-27)33(41)37-28-14-9-15-29(21-28)44-31(26-10-5-3-6-11-26)34(42)39-35-36-24(2)22-43-35/h3-22,31H,1-2H3,(H,37,41)(H,38,40)(H,36,39,42)/b30-20-. The minimum Gasteiger partial charge on any atom is -0.321 e. The first-order valence-corrected chi connectivity index (χ1v) is 15.6. The van der Waals surface area contributed by atoms with Crippen LogP contribution in [0.3, 0.4) is 0 Å². The number of anilines is 2. The van der Waals surface area contributed by atoms with Crippen molar-refractivity contribution >= 4 is 57.7 Å². The first kappa shape index (κ1) is 30.5. The van der Waals surface area contributed by atoms with Crippen LogP contribution >= 0.6 is 23.1 Å². The zero-order valence-corrected chi connectivity index (χ0v) is 25.7. The molecule has 3 N–H and O–H groups in total. The maximum Gasteiger partial charge on any atom is 0.272 e. The van der Waals surface area contributed by atoms with Gasteiger partial charge in [-0.2, -0.15) is 0 Å². The molecule has 1 heterocycles. The Bertz CT molecular complexity index is 1790. The molecule has 0 saturated heterocycles. The summed E-state index contributed by atoms with van der Waals surface area (Å²) < 4.78 is 0. The van der Waals surface area contributed by atoms with Gasteiger partial charge < -0.3 is 16.0 Å². The fourth-order valence-corrected chi connectivity index (χ4v) is 6.01. The summed E-state index contributed by atoms with van der Waals surface area (Å²) in [6.07, 6.45) is 1.64. The highest BCUT2D eigenvalue weighted by Crippen LogP contribution is 2.37. The number of nitrogens with one attached hydrogen (secondary N) is 3. The fraction of sp³-hybridized carbons (Fsp3) is 0.0857. The van der Waals surface area contributed by atoms with Crippen LogP contribution in [0.15, 0.2) is 125 Å². The van der Waals surface area contributed by atoms with Crippen molar-refractivity contribution in [1.29, 1.82) is 0 Å². The lowest BCUT2D eigenvalue weighted by Crippen LogP contribution is -2.30. The fourth-order valence-electron chi connectivity index (χ4n) is 4.24. The number of thioether (sulfide) groups is 1. The molecule has 0 saturated carbocycles. The Morgan fingerprint density at radius 1 is 0.818 bits per heavy atom. The molecule has 0 spiro atoms. The Morgan fingerprint density at radius 2 is 1.52 bits per heavy atom. The van der Waals surface area contributed by atoms with Crippen molar-refractivity contribution in [2.75, 3.05) is 10.6 Å².